The second-order valence-electron chi connectivity index (χ2n) is 6.78. The van der Waals surface area contributed by atoms with Gasteiger partial charge >= 0.3 is 11.9 Å². The third-order valence-corrected chi connectivity index (χ3v) is 6.55. The maximum Gasteiger partial charge on any atom is 0.348 e. The molecule has 0 saturated heterocycles. The summed E-state index contributed by atoms with van der Waals surface area (Å²) in [5.41, 5.74) is 1.07. The highest BCUT2D eigenvalue weighted by Gasteiger charge is 2.16. The number of ether oxygens (including phenoxy) is 1. The number of unbranched alkanes of at least 4 members (excludes halogenated alkanes) is 1. The summed E-state index contributed by atoms with van der Waals surface area (Å²) in [6, 6.07) is 7.51. The first-order valence-electron chi connectivity index (χ1n) is 9.69. The number of carboxylic acids is 1. The molecule has 0 bridgehead atoms. The molecule has 0 radical (unpaired) electrons. The Bertz CT molecular complexity index is 1030. The molecule has 1 N–H and O–H groups in total. The number of carbonyl (C=O) groups excluding carboxylic acids is 1. The summed E-state index contributed by atoms with van der Waals surface area (Å²) in [5, 5.41) is 11.7. The van der Waals surface area contributed by atoms with Crippen LogP contribution < -0.4 is 0 Å². The van der Waals surface area contributed by atoms with Crippen molar-refractivity contribution in [3.8, 4) is 0 Å². The van der Waals surface area contributed by atoms with E-state index >= 15 is 0 Å². The van der Waals surface area contributed by atoms with Crippen LogP contribution in [0.1, 0.15) is 50.7 Å². The minimum atomic E-state index is -0.935. The van der Waals surface area contributed by atoms with E-state index < -0.39 is 5.97 Å². The molecule has 30 heavy (non-hydrogen) atoms. The van der Waals surface area contributed by atoms with Gasteiger partial charge in [-0.1, -0.05) is 19.4 Å². The third-order valence-electron chi connectivity index (χ3n) is 4.63. The Labute approximate surface area is 183 Å². The minimum Gasteiger partial charge on any atom is -0.478 e. The molecule has 0 unspecified atom stereocenters. The molecule has 0 amide bonds. The number of aryl methyl sites for hydroxylation is 1. The second-order valence-corrected chi connectivity index (χ2v) is 8.98. The molecular weight excluding hydrogens is 420 g/mol. The average molecular weight is 445 g/mol. The summed E-state index contributed by atoms with van der Waals surface area (Å²) in [5.74, 6) is -0.375. The quantitative estimate of drug-likeness (QED) is 0.355. The molecular formula is C22H24N2O4S2. The number of rotatable bonds is 10. The number of hydrogen-bond donors (Lipinski definition) is 1. The molecule has 0 saturated carbocycles. The van der Waals surface area contributed by atoms with Gasteiger partial charge in [-0.2, -0.15) is 0 Å². The van der Waals surface area contributed by atoms with Gasteiger partial charge in [-0.25, -0.2) is 14.6 Å². The van der Waals surface area contributed by atoms with Gasteiger partial charge in [0.2, 0.25) is 0 Å². The number of aromatic nitrogens is 2. The van der Waals surface area contributed by atoms with Crippen molar-refractivity contribution >= 4 is 40.7 Å². The maximum atomic E-state index is 11.8. The molecule has 0 aliphatic rings. The molecule has 0 aliphatic carbocycles. The van der Waals surface area contributed by atoms with Gasteiger partial charge in [0, 0.05) is 28.2 Å². The fourth-order valence-corrected chi connectivity index (χ4v) is 4.70. The molecule has 6 nitrogen and oxygen atoms in total. The van der Waals surface area contributed by atoms with Crippen LogP contribution in [0.5, 0.6) is 0 Å². The van der Waals surface area contributed by atoms with Crippen LogP contribution in [0.25, 0.3) is 6.08 Å². The molecule has 3 aromatic heterocycles. The maximum absolute atomic E-state index is 11.8. The van der Waals surface area contributed by atoms with Crippen LogP contribution in [0.2, 0.25) is 0 Å². The van der Waals surface area contributed by atoms with Crippen molar-refractivity contribution in [2.75, 3.05) is 7.11 Å². The topological polar surface area (TPSA) is 81.4 Å². The van der Waals surface area contributed by atoms with E-state index in [4.69, 9.17) is 4.74 Å². The van der Waals surface area contributed by atoms with Crippen LogP contribution in [0, 0.1) is 0 Å². The van der Waals surface area contributed by atoms with Crippen molar-refractivity contribution < 1.29 is 19.4 Å². The fraction of sp³-hybridized carbons (Fsp3) is 0.318. The van der Waals surface area contributed by atoms with Crippen LogP contribution in [0.3, 0.4) is 0 Å². The van der Waals surface area contributed by atoms with Crippen molar-refractivity contribution in [1.29, 1.82) is 0 Å². The predicted octanol–water partition coefficient (Wildman–Crippen LogP) is 4.89. The summed E-state index contributed by atoms with van der Waals surface area (Å²) in [4.78, 5) is 30.7. The Morgan fingerprint density at radius 2 is 2.10 bits per heavy atom. The number of imidazole rings is 1. The van der Waals surface area contributed by atoms with E-state index in [1.54, 1.807) is 29.7 Å². The van der Waals surface area contributed by atoms with Crippen molar-refractivity contribution in [2.24, 2.45) is 0 Å². The minimum absolute atomic E-state index is 0.321. The first-order chi connectivity index (χ1) is 14.5. The molecule has 0 fully saturated rings. The Kier molecular flexibility index (Phi) is 7.59. The number of esters is 1. The monoisotopic (exact) mass is 444 g/mol. The smallest absolute Gasteiger partial charge is 0.348 e. The van der Waals surface area contributed by atoms with E-state index in [2.05, 4.69) is 11.9 Å². The number of methoxy groups -OCH3 is 1. The van der Waals surface area contributed by atoms with E-state index in [0.717, 1.165) is 40.5 Å². The van der Waals surface area contributed by atoms with Gasteiger partial charge < -0.3 is 14.4 Å². The van der Waals surface area contributed by atoms with Gasteiger partial charge in [0.25, 0.3) is 0 Å². The molecule has 0 aliphatic heterocycles. The van der Waals surface area contributed by atoms with Crippen LogP contribution in [-0.4, -0.2) is 33.7 Å². The van der Waals surface area contributed by atoms with Crippen molar-refractivity contribution in [1.82, 2.24) is 9.55 Å². The molecule has 8 heteroatoms. The van der Waals surface area contributed by atoms with Gasteiger partial charge in [-0.3, -0.25) is 0 Å². The van der Waals surface area contributed by atoms with Crippen molar-refractivity contribution in [3.63, 3.8) is 0 Å². The number of hydrogen-bond acceptors (Lipinski definition) is 6. The number of thiophene rings is 2. The van der Waals surface area contributed by atoms with Gasteiger partial charge in [0.1, 0.15) is 10.7 Å². The van der Waals surface area contributed by atoms with Gasteiger partial charge in [-0.15, -0.1) is 22.7 Å². The highest BCUT2D eigenvalue weighted by Crippen LogP contribution is 2.23. The van der Waals surface area contributed by atoms with Gasteiger partial charge in [-0.05, 0) is 36.1 Å². The number of carboxylic acid groups (broad SMARTS) is 1. The molecule has 158 valence electrons. The first kappa shape index (κ1) is 22.0. The third kappa shape index (κ3) is 5.46. The predicted molar refractivity (Wildman–Crippen MR) is 119 cm³/mol. The highest BCUT2D eigenvalue weighted by molar-refractivity contribution is 7.13. The van der Waals surface area contributed by atoms with Crippen LogP contribution in [0.4, 0.5) is 0 Å². The Balaban J connectivity index is 1.93. The zero-order chi connectivity index (χ0) is 21.5. The second kappa shape index (κ2) is 10.4. The Hall–Kier alpha value is -2.71. The van der Waals surface area contributed by atoms with E-state index in [-0.39, 0.29) is 5.97 Å². The molecule has 0 spiro atoms. The molecule has 3 aromatic rings. The zero-order valence-corrected chi connectivity index (χ0v) is 18.6. The number of nitrogens with zero attached hydrogens (tertiary/aromatic N) is 2. The SMILES string of the molecule is CCCCc1ncc(C=C(Cc2cccs2)C(=O)O)n1Cc1ccc(C(=O)OC)s1. The lowest BCUT2D eigenvalue weighted by Gasteiger charge is -2.10. The normalized spacial score (nSPS) is 11.6. The summed E-state index contributed by atoms with van der Waals surface area (Å²) < 4.78 is 6.83. The lowest BCUT2D eigenvalue weighted by atomic mass is 10.1. The standard InChI is InChI=1S/C22H24N2O4S2/c1-3-4-7-20-23-13-16(11-15(21(25)26)12-17-6-5-10-29-17)24(20)14-18-8-9-19(30-18)22(27)28-2/h5-6,8-11,13H,3-4,7,12,14H2,1-2H3,(H,25,26). The summed E-state index contributed by atoms with van der Waals surface area (Å²) in [7, 11) is 1.37. The molecule has 0 aromatic carbocycles. The van der Waals surface area contributed by atoms with Gasteiger partial charge in [0.15, 0.2) is 0 Å². The molecule has 3 heterocycles. The summed E-state index contributed by atoms with van der Waals surface area (Å²) in [6.07, 6.45) is 6.67. The summed E-state index contributed by atoms with van der Waals surface area (Å²) in [6.45, 7) is 2.65. The Morgan fingerprint density at radius 3 is 2.77 bits per heavy atom. The van der Waals surface area contributed by atoms with Crippen LogP contribution in [0.15, 0.2) is 41.4 Å². The van der Waals surface area contributed by atoms with Crippen LogP contribution >= 0.6 is 22.7 Å². The van der Waals surface area contributed by atoms with E-state index in [0.29, 0.717) is 23.4 Å². The Morgan fingerprint density at radius 1 is 1.27 bits per heavy atom. The van der Waals surface area contributed by atoms with Crippen molar-refractivity contribution in [2.45, 2.75) is 39.2 Å². The van der Waals surface area contributed by atoms with Gasteiger partial charge in [0.05, 0.1) is 25.5 Å². The zero-order valence-electron chi connectivity index (χ0n) is 17.0. The lowest BCUT2D eigenvalue weighted by molar-refractivity contribution is -0.132. The largest absolute Gasteiger partial charge is 0.478 e. The van der Waals surface area contributed by atoms with E-state index in [1.165, 1.54) is 18.4 Å². The van der Waals surface area contributed by atoms with E-state index in [9.17, 15) is 14.7 Å². The highest BCUT2D eigenvalue weighted by atomic mass is 32.1. The van der Waals surface area contributed by atoms with E-state index in [1.807, 2.05) is 28.1 Å². The van der Waals surface area contributed by atoms with Crippen LogP contribution in [-0.2, 0) is 28.9 Å². The lowest BCUT2D eigenvalue weighted by Crippen LogP contribution is -2.08. The number of aliphatic carboxylic acids is 1. The average Bonchev–Trinajstić information content (AvgIpc) is 3.48. The molecule has 3 rings (SSSR count). The molecule has 0 atom stereocenters. The van der Waals surface area contributed by atoms with Crippen molar-refractivity contribution in [3.05, 3.63) is 67.6 Å². The number of carbonyl (C=O) groups is 2. The summed E-state index contributed by atoms with van der Waals surface area (Å²) >= 11 is 2.92. The first-order valence-corrected chi connectivity index (χ1v) is 11.4. The fourth-order valence-electron chi connectivity index (χ4n) is 3.06.